The number of fused-ring (bicyclic) bond motifs is 1. The third-order valence-electron chi connectivity index (χ3n) is 9.78. The molecule has 282 valence electrons. The molecule has 0 amide bonds. The van der Waals surface area contributed by atoms with Gasteiger partial charge in [0.25, 0.3) is 0 Å². The van der Waals surface area contributed by atoms with Crippen molar-refractivity contribution >= 4 is 28.7 Å². The monoisotopic (exact) mass is 716 g/mol. The molecule has 0 N–H and O–H groups in total. The smallest absolute Gasteiger partial charge is 0.366 e. The summed E-state index contributed by atoms with van der Waals surface area (Å²) in [5.41, 5.74) is 3.33. The number of unbranched alkanes of at least 4 members (excludes halogenated alkanes) is 8. The molecule has 0 bridgehead atoms. The van der Waals surface area contributed by atoms with Gasteiger partial charge >= 0.3 is 17.9 Å². The molecule has 1 aliphatic rings. The minimum Gasteiger partial charge on any atom is -0.494 e. The summed E-state index contributed by atoms with van der Waals surface area (Å²) in [5.74, 6) is -1.70. The van der Waals surface area contributed by atoms with Crippen molar-refractivity contribution in [3.8, 4) is 22.6 Å². The number of benzene rings is 3. The molecule has 8 heteroatoms. The lowest BCUT2D eigenvalue weighted by Gasteiger charge is -2.26. The first-order valence-electron chi connectivity index (χ1n) is 19.5. The van der Waals surface area contributed by atoms with E-state index in [-0.39, 0.29) is 30.4 Å². The minimum atomic E-state index is -1.07. The van der Waals surface area contributed by atoms with Gasteiger partial charge in [0.15, 0.2) is 0 Å². The molecule has 1 aliphatic carbocycles. The van der Waals surface area contributed by atoms with Gasteiger partial charge in [-0.05, 0) is 116 Å². The number of carbonyl (C=O) groups excluding carboxylic acids is 3. The van der Waals surface area contributed by atoms with E-state index in [2.05, 4.69) is 44.7 Å². The van der Waals surface area contributed by atoms with Crippen LogP contribution >= 0.6 is 0 Å². The number of aryl methyl sites for hydroxylation is 1. The molecule has 4 rings (SSSR count). The number of carbonyl (C=O) groups is 3. The van der Waals surface area contributed by atoms with Crippen molar-refractivity contribution in [2.24, 2.45) is 11.8 Å². The zero-order chi connectivity index (χ0) is 37.1. The van der Waals surface area contributed by atoms with Crippen LogP contribution < -0.4 is 9.47 Å². The molecular weight excluding hydrogens is 659 g/mol. The Morgan fingerprint density at radius 3 is 2.06 bits per heavy atom. The summed E-state index contributed by atoms with van der Waals surface area (Å²) in [6.45, 7) is 8.50. The van der Waals surface area contributed by atoms with E-state index in [9.17, 15) is 18.8 Å². The maximum absolute atomic E-state index is 13.3. The van der Waals surface area contributed by atoms with Crippen LogP contribution in [-0.2, 0) is 30.3 Å². The van der Waals surface area contributed by atoms with E-state index in [4.69, 9.17) is 18.9 Å². The number of ether oxygens (including phenoxy) is 4. The Bertz CT molecular complexity index is 1620. The van der Waals surface area contributed by atoms with E-state index >= 15 is 0 Å². The third kappa shape index (κ3) is 13.1. The molecule has 3 aromatic carbocycles. The van der Waals surface area contributed by atoms with Crippen LogP contribution in [0.25, 0.3) is 21.9 Å². The molecule has 1 saturated carbocycles. The Morgan fingerprint density at radius 2 is 1.33 bits per heavy atom. The van der Waals surface area contributed by atoms with Crippen LogP contribution in [-0.4, -0.2) is 37.7 Å². The first-order valence-corrected chi connectivity index (χ1v) is 19.5. The Hall–Kier alpha value is -4.20. The van der Waals surface area contributed by atoms with Crippen molar-refractivity contribution in [2.45, 2.75) is 117 Å². The Labute approximate surface area is 309 Å². The van der Waals surface area contributed by atoms with Gasteiger partial charge in [-0.15, -0.1) is 0 Å². The topological polar surface area (TPSA) is 88.1 Å². The minimum absolute atomic E-state index is 0.171. The van der Waals surface area contributed by atoms with Gasteiger partial charge < -0.3 is 18.9 Å². The lowest BCUT2D eigenvalue weighted by molar-refractivity contribution is -0.152. The molecule has 2 unspecified atom stereocenters. The molecule has 0 saturated heterocycles. The second-order valence-corrected chi connectivity index (χ2v) is 14.0. The Morgan fingerprint density at radius 1 is 0.692 bits per heavy atom. The summed E-state index contributed by atoms with van der Waals surface area (Å²) in [6, 6.07) is 18.4. The van der Waals surface area contributed by atoms with Gasteiger partial charge in [0, 0.05) is 0 Å². The summed E-state index contributed by atoms with van der Waals surface area (Å²) >= 11 is 0. The zero-order valence-electron chi connectivity index (χ0n) is 31.2. The molecule has 0 aliphatic heterocycles. The lowest BCUT2D eigenvalue weighted by atomic mass is 9.81. The number of rotatable bonds is 22. The van der Waals surface area contributed by atoms with Crippen molar-refractivity contribution in [1.82, 2.24) is 0 Å². The molecule has 1 fully saturated rings. The van der Waals surface area contributed by atoms with Gasteiger partial charge in [-0.25, -0.2) is 4.79 Å². The van der Waals surface area contributed by atoms with Crippen LogP contribution in [0, 0.1) is 11.8 Å². The molecule has 0 heterocycles. The Balaban J connectivity index is 1.27. The number of hydrogen-bond donors (Lipinski definition) is 0. The van der Waals surface area contributed by atoms with Crippen molar-refractivity contribution in [3.63, 3.8) is 0 Å². The van der Waals surface area contributed by atoms with Crippen LogP contribution in [0.4, 0.5) is 4.39 Å². The van der Waals surface area contributed by atoms with Crippen LogP contribution in [0.3, 0.4) is 0 Å². The largest absolute Gasteiger partial charge is 0.494 e. The highest BCUT2D eigenvalue weighted by Gasteiger charge is 2.33. The highest BCUT2D eigenvalue weighted by molar-refractivity contribution is 5.89. The maximum atomic E-state index is 13.3. The molecule has 2 atom stereocenters. The second kappa shape index (κ2) is 22.0. The average molecular weight is 717 g/mol. The zero-order valence-corrected chi connectivity index (χ0v) is 31.2. The second-order valence-electron chi connectivity index (χ2n) is 14.0. The fourth-order valence-corrected chi connectivity index (χ4v) is 6.85. The number of halogens is 1. The lowest BCUT2D eigenvalue weighted by Crippen LogP contribution is -2.31. The molecular formula is C44H57FO7. The van der Waals surface area contributed by atoms with Crippen LogP contribution in [0.15, 0.2) is 67.0 Å². The fourth-order valence-electron chi connectivity index (χ4n) is 6.85. The average Bonchev–Trinajstić information content (AvgIpc) is 3.15. The normalized spacial score (nSPS) is 15.6. The molecule has 7 nitrogen and oxygen atoms in total. The van der Waals surface area contributed by atoms with Crippen LogP contribution in [0.2, 0.25) is 0 Å². The quantitative estimate of drug-likeness (QED) is 0.0442. The first-order chi connectivity index (χ1) is 25.3. The van der Waals surface area contributed by atoms with E-state index < -0.39 is 11.8 Å². The van der Waals surface area contributed by atoms with Crippen molar-refractivity contribution < 1.29 is 37.7 Å². The van der Waals surface area contributed by atoms with Gasteiger partial charge in [0.05, 0.1) is 31.7 Å². The molecule has 52 heavy (non-hydrogen) atoms. The summed E-state index contributed by atoms with van der Waals surface area (Å²) in [7, 11) is 0. The summed E-state index contributed by atoms with van der Waals surface area (Å²) in [5, 5.41) is 2.18. The van der Waals surface area contributed by atoms with Gasteiger partial charge in [0.2, 0.25) is 5.83 Å². The van der Waals surface area contributed by atoms with Gasteiger partial charge in [0.1, 0.15) is 11.5 Å². The van der Waals surface area contributed by atoms with Gasteiger partial charge in [-0.1, -0.05) is 89.6 Å². The Kier molecular flexibility index (Phi) is 17.2. The van der Waals surface area contributed by atoms with Crippen molar-refractivity contribution in [3.05, 3.63) is 72.6 Å². The molecule has 0 radical (unpaired) electrons. The maximum Gasteiger partial charge on any atom is 0.366 e. The summed E-state index contributed by atoms with van der Waals surface area (Å²) in [4.78, 5) is 37.1. The van der Waals surface area contributed by atoms with E-state index in [0.717, 1.165) is 97.4 Å². The predicted octanol–water partition coefficient (Wildman–Crippen LogP) is 11.0. The summed E-state index contributed by atoms with van der Waals surface area (Å²) in [6.07, 6.45) is 14.8. The SMILES string of the molecule is C=C(F)C(=O)OCCCCCCOc1ccc2cc(-c3ccc(OC(=O)C4CCCC(C(=O)OCCCCCCCC)C4)cc3CCC)ccc2c1. The molecule has 0 spiro atoms. The predicted molar refractivity (Wildman–Crippen MR) is 204 cm³/mol. The van der Waals surface area contributed by atoms with Gasteiger partial charge in [-0.2, -0.15) is 4.39 Å². The summed E-state index contributed by atoms with van der Waals surface area (Å²) < 4.78 is 34.9. The third-order valence-corrected chi connectivity index (χ3v) is 9.78. The van der Waals surface area contributed by atoms with E-state index in [1.54, 1.807) is 0 Å². The first kappa shape index (κ1) is 40.6. The number of hydrogen-bond acceptors (Lipinski definition) is 7. The van der Waals surface area contributed by atoms with E-state index in [1.807, 2.05) is 30.3 Å². The highest BCUT2D eigenvalue weighted by atomic mass is 19.1. The molecule has 3 aromatic rings. The van der Waals surface area contributed by atoms with E-state index in [0.29, 0.717) is 31.8 Å². The molecule has 0 aromatic heterocycles. The standard InChI is InChI=1S/C44H57FO7/c1-4-6-7-8-9-13-27-51-43(47)37-17-15-18-38(29-37)44(48)52-40-23-24-41(35(31-40)16-5-2)36-20-19-34-30-39(22-21-33(34)28-36)49-25-12-10-11-14-26-50-42(46)32(3)45/h19-24,28,30-31,37-38H,3-18,25-27,29H2,1-2H3. The van der Waals surface area contributed by atoms with Crippen LogP contribution in [0.5, 0.6) is 11.5 Å². The van der Waals surface area contributed by atoms with Crippen molar-refractivity contribution in [1.29, 1.82) is 0 Å². The van der Waals surface area contributed by atoms with E-state index in [1.165, 1.54) is 25.7 Å². The van der Waals surface area contributed by atoms with Gasteiger partial charge in [-0.3, -0.25) is 9.59 Å². The highest BCUT2D eigenvalue weighted by Crippen LogP contribution is 2.34. The van der Waals surface area contributed by atoms with Crippen molar-refractivity contribution in [2.75, 3.05) is 19.8 Å². The number of esters is 3. The fraction of sp³-hybridized carbons (Fsp3) is 0.523. The van der Waals surface area contributed by atoms with Crippen LogP contribution in [0.1, 0.15) is 116 Å².